The van der Waals surface area contributed by atoms with Gasteiger partial charge in [-0.2, -0.15) is 0 Å². The number of esters is 3. The lowest BCUT2D eigenvalue weighted by atomic mass is 9.91. The van der Waals surface area contributed by atoms with Crippen molar-refractivity contribution in [1.29, 1.82) is 0 Å². The quantitative estimate of drug-likeness (QED) is 0.0258. The van der Waals surface area contributed by atoms with Crippen molar-refractivity contribution in [3.8, 4) is 0 Å². The van der Waals surface area contributed by atoms with Gasteiger partial charge in [-0.1, -0.05) is 188 Å². The smallest absolute Gasteiger partial charge is 0.305 e. The lowest BCUT2D eigenvalue weighted by Crippen LogP contribution is -2.37. The fourth-order valence-electron chi connectivity index (χ4n) is 8.51. The molecule has 0 radical (unpaired) electrons. The van der Waals surface area contributed by atoms with Gasteiger partial charge in [0.05, 0.1) is 39.3 Å². The minimum atomic E-state index is -1.11. The minimum absolute atomic E-state index is 0.0265. The van der Waals surface area contributed by atoms with Crippen LogP contribution in [0.25, 0.3) is 0 Å². The molecule has 0 aromatic carbocycles. The van der Waals surface area contributed by atoms with E-state index in [0.717, 1.165) is 38.6 Å². The second-order valence-electron chi connectivity index (χ2n) is 19.5. The molecular weight excluding hydrogens is 863 g/mol. The highest BCUT2D eigenvalue weighted by Crippen LogP contribution is 2.23. The number of hydrogen-bond acceptors (Lipinski definition) is 12. The van der Waals surface area contributed by atoms with Crippen molar-refractivity contribution in [2.75, 3.05) is 66.4 Å². The molecule has 0 aliphatic heterocycles. The van der Waals surface area contributed by atoms with Crippen LogP contribution in [0.4, 0.5) is 0 Å². The van der Waals surface area contributed by atoms with Gasteiger partial charge >= 0.3 is 17.9 Å². The van der Waals surface area contributed by atoms with Gasteiger partial charge in [0.2, 0.25) is 0 Å². The Hall–Kier alpha value is -1.83. The van der Waals surface area contributed by atoms with E-state index in [9.17, 15) is 24.6 Å². The van der Waals surface area contributed by atoms with Crippen LogP contribution in [0.1, 0.15) is 252 Å². The van der Waals surface area contributed by atoms with Crippen molar-refractivity contribution in [1.82, 2.24) is 4.90 Å². The Morgan fingerprint density at radius 1 is 0.441 bits per heavy atom. The Morgan fingerprint density at radius 3 is 1.37 bits per heavy atom. The molecular formula is C56H109NO11. The first-order valence-electron chi connectivity index (χ1n) is 28.5. The van der Waals surface area contributed by atoms with Crippen LogP contribution in [0.5, 0.6) is 0 Å². The van der Waals surface area contributed by atoms with Crippen LogP contribution in [0, 0.1) is 11.8 Å². The van der Waals surface area contributed by atoms with E-state index in [1.54, 1.807) is 0 Å². The molecule has 2 N–H and O–H groups in total. The maximum Gasteiger partial charge on any atom is 0.305 e. The molecule has 0 rings (SSSR count). The Morgan fingerprint density at radius 2 is 0.882 bits per heavy atom. The van der Waals surface area contributed by atoms with Crippen LogP contribution in [0.3, 0.4) is 0 Å². The minimum Gasteiger partial charge on any atom is -0.469 e. The Labute approximate surface area is 417 Å². The summed E-state index contributed by atoms with van der Waals surface area (Å²) in [5.74, 6) is -0.894. The zero-order valence-electron chi connectivity index (χ0n) is 44.9. The summed E-state index contributed by atoms with van der Waals surface area (Å²) >= 11 is 0. The molecule has 0 aromatic rings. The van der Waals surface area contributed by atoms with Gasteiger partial charge in [-0.25, -0.2) is 0 Å². The average Bonchev–Trinajstić information content (AvgIpc) is 3.34. The van der Waals surface area contributed by atoms with Gasteiger partial charge in [-0.3, -0.25) is 19.3 Å². The molecule has 0 saturated heterocycles. The number of aliphatic hydroxyl groups is 2. The SMILES string of the molecule is CCCCCCCCCC(CCCCCCC)CCN(CCCO)C[C@H](O)OCC(COC(=O)CCCCCC(=O)OC)COC(=O)CCC(OCCCCCCCC)OCCCCCCCC. The number of rotatable bonds is 54. The summed E-state index contributed by atoms with van der Waals surface area (Å²) in [7, 11) is 1.37. The fraction of sp³-hybridized carbons (Fsp3) is 0.946. The van der Waals surface area contributed by atoms with Crippen molar-refractivity contribution < 1.29 is 53.0 Å². The summed E-state index contributed by atoms with van der Waals surface area (Å²) in [6, 6.07) is 0. The van der Waals surface area contributed by atoms with E-state index in [1.165, 1.54) is 148 Å². The molecule has 12 nitrogen and oxygen atoms in total. The predicted octanol–water partition coefficient (Wildman–Crippen LogP) is 13.2. The van der Waals surface area contributed by atoms with Crippen molar-refractivity contribution in [2.24, 2.45) is 11.8 Å². The zero-order chi connectivity index (χ0) is 50.0. The van der Waals surface area contributed by atoms with Crippen LogP contribution < -0.4 is 0 Å². The Bertz CT molecular complexity index is 1080. The topological polar surface area (TPSA) is 150 Å². The normalized spacial score (nSPS) is 13.0. The van der Waals surface area contributed by atoms with E-state index in [4.69, 9.17) is 28.4 Å². The monoisotopic (exact) mass is 972 g/mol. The van der Waals surface area contributed by atoms with E-state index in [2.05, 4.69) is 32.6 Å². The molecule has 12 heteroatoms. The molecule has 404 valence electrons. The maximum absolute atomic E-state index is 13.2. The molecule has 0 aliphatic carbocycles. The highest BCUT2D eigenvalue weighted by Gasteiger charge is 2.21. The molecule has 0 heterocycles. The third-order valence-electron chi connectivity index (χ3n) is 13.0. The summed E-state index contributed by atoms with van der Waals surface area (Å²) in [4.78, 5) is 39.6. The molecule has 0 spiro atoms. The lowest BCUT2D eigenvalue weighted by Gasteiger charge is -2.28. The van der Waals surface area contributed by atoms with Crippen molar-refractivity contribution in [3.63, 3.8) is 0 Å². The van der Waals surface area contributed by atoms with Crippen LogP contribution in [0.2, 0.25) is 0 Å². The van der Waals surface area contributed by atoms with Crippen LogP contribution in [-0.4, -0.2) is 112 Å². The summed E-state index contributed by atoms with van der Waals surface area (Å²) in [6.45, 7) is 11.9. The second kappa shape index (κ2) is 51.5. The Balaban J connectivity index is 5.52. The van der Waals surface area contributed by atoms with Gasteiger partial charge in [-0.15, -0.1) is 0 Å². The molecule has 3 atom stereocenters. The van der Waals surface area contributed by atoms with Gasteiger partial charge in [-0.05, 0) is 51.0 Å². The van der Waals surface area contributed by atoms with Gasteiger partial charge in [0.15, 0.2) is 12.6 Å². The number of carbonyl (C=O) groups excluding carboxylic acids is 3. The van der Waals surface area contributed by atoms with Gasteiger partial charge in [0.25, 0.3) is 0 Å². The van der Waals surface area contributed by atoms with Gasteiger partial charge in [0.1, 0.15) is 0 Å². The van der Waals surface area contributed by atoms with Crippen LogP contribution in [0.15, 0.2) is 0 Å². The number of nitrogens with zero attached hydrogens (tertiary/aromatic N) is 1. The van der Waals surface area contributed by atoms with Crippen molar-refractivity contribution in [2.45, 2.75) is 265 Å². The molecule has 0 saturated carbocycles. The Kier molecular flexibility index (Phi) is 50.1. The van der Waals surface area contributed by atoms with Crippen molar-refractivity contribution in [3.05, 3.63) is 0 Å². The number of hydrogen-bond donors (Lipinski definition) is 2. The number of unbranched alkanes of at least 4 members (excludes halogenated alkanes) is 22. The zero-order valence-corrected chi connectivity index (χ0v) is 44.9. The van der Waals surface area contributed by atoms with E-state index >= 15 is 0 Å². The second-order valence-corrected chi connectivity index (χ2v) is 19.5. The van der Waals surface area contributed by atoms with Crippen LogP contribution >= 0.6 is 0 Å². The van der Waals surface area contributed by atoms with E-state index in [1.807, 2.05) is 0 Å². The summed E-state index contributed by atoms with van der Waals surface area (Å²) < 4.78 is 34.4. The fourth-order valence-corrected chi connectivity index (χ4v) is 8.51. The number of methoxy groups -OCH3 is 1. The summed E-state index contributed by atoms with van der Waals surface area (Å²) in [6.07, 6.45) is 35.0. The van der Waals surface area contributed by atoms with E-state index in [0.29, 0.717) is 64.2 Å². The van der Waals surface area contributed by atoms with Crippen LogP contribution in [-0.2, 0) is 42.8 Å². The highest BCUT2D eigenvalue weighted by atomic mass is 16.7. The molecule has 2 unspecified atom stereocenters. The predicted molar refractivity (Wildman–Crippen MR) is 276 cm³/mol. The summed E-state index contributed by atoms with van der Waals surface area (Å²) in [5, 5.41) is 21.0. The molecule has 0 bridgehead atoms. The molecule has 0 aliphatic rings. The first-order chi connectivity index (χ1) is 33.2. The number of aliphatic hydroxyl groups excluding tert-OH is 2. The molecule has 0 aromatic heterocycles. The average molecular weight is 972 g/mol. The maximum atomic E-state index is 13.2. The third-order valence-corrected chi connectivity index (χ3v) is 13.0. The first kappa shape index (κ1) is 66.2. The molecule has 68 heavy (non-hydrogen) atoms. The standard InChI is InChI=1S/C56H109NO11/c1-6-10-14-18-21-23-28-35-50(34-27-22-17-13-9-4)40-42-57(41-33-43-58)46-55(62)68-49-51(47-66-53(60)37-30-26-29-36-52(59)63-5)48-67-54(61)38-39-56(64-44-31-24-19-15-11-7-2)65-45-32-25-20-16-12-8-3/h50-51,55-56,58,62H,6-49H2,1-5H3/t50?,51?,55-/m1/s1. The van der Waals surface area contributed by atoms with Gasteiger partial charge < -0.3 is 38.6 Å². The molecule has 0 fully saturated rings. The largest absolute Gasteiger partial charge is 0.469 e. The van der Waals surface area contributed by atoms with E-state index < -0.39 is 24.5 Å². The van der Waals surface area contributed by atoms with Gasteiger partial charge in [0, 0.05) is 52.2 Å². The van der Waals surface area contributed by atoms with Crippen molar-refractivity contribution >= 4 is 17.9 Å². The number of carbonyl (C=O) groups is 3. The lowest BCUT2D eigenvalue weighted by molar-refractivity contribution is -0.164. The summed E-state index contributed by atoms with van der Waals surface area (Å²) in [5.41, 5.74) is 0. The van der Waals surface area contributed by atoms with E-state index in [-0.39, 0.29) is 57.8 Å². The molecule has 0 amide bonds. The first-order valence-corrected chi connectivity index (χ1v) is 28.5. The third kappa shape index (κ3) is 45.3. The number of ether oxygens (including phenoxy) is 6. The highest BCUT2D eigenvalue weighted by molar-refractivity contribution is 5.70.